The first-order chi connectivity index (χ1) is 8.84. The molecule has 0 amide bonds. The molecule has 19 heavy (non-hydrogen) atoms. The predicted octanol–water partition coefficient (Wildman–Crippen LogP) is 4.85. The molecule has 1 aromatic carbocycles. The van der Waals surface area contributed by atoms with Crippen LogP contribution in [0.5, 0.6) is 0 Å². The van der Waals surface area contributed by atoms with Gasteiger partial charge in [-0.1, -0.05) is 46.8 Å². The van der Waals surface area contributed by atoms with Crippen LogP contribution >= 0.6 is 11.8 Å². The lowest BCUT2D eigenvalue weighted by atomic mass is 9.87. The smallest absolute Gasteiger partial charge is 0.0217 e. The summed E-state index contributed by atoms with van der Waals surface area (Å²) in [5, 5.41) is 4.16. The molecule has 0 aliphatic heterocycles. The molecular weight excluding hydrogens is 250 g/mol. The van der Waals surface area contributed by atoms with Crippen molar-refractivity contribution in [3.8, 4) is 0 Å². The maximum atomic E-state index is 3.57. The molecule has 1 rings (SSSR count). The van der Waals surface area contributed by atoms with Crippen LogP contribution in [-0.4, -0.2) is 17.8 Å². The molecule has 2 atom stereocenters. The molecule has 0 saturated carbocycles. The molecule has 0 spiro atoms. The molecular formula is C17H29NS. The average Bonchev–Trinajstić information content (AvgIpc) is 2.35. The highest BCUT2D eigenvalue weighted by Crippen LogP contribution is 2.28. The molecule has 2 heteroatoms. The maximum Gasteiger partial charge on any atom is 0.0217 e. The number of thioether (sulfide) groups is 1. The first-order valence-corrected chi connectivity index (χ1v) is 8.23. The van der Waals surface area contributed by atoms with Crippen molar-refractivity contribution in [2.75, 3.05) is 6.54 Å². The molecule has 0 radical (unpaired) electrons. The van der Waals surface area contributed by atoms with E-state index in [4.69, 9.17) is 0 Å². The van der Waals surface area contributed by atoms with E-state index < -0.39 is 0 Å². The molecule has 0 aliphatic carbocycles. The second-order valence-electron chi connectivity index (χ2n) is 6.34. The van der Waals surface area contributed by atoms with Crippen LogP contribution in [0, 0.1) is 0 Å². The van der Waals surface area contributed by atoms with Gasteiger partial charge in [0.15, 0.2) is 0 Å². The number of hydrogen-bond acceptors (Lipinski definition) is 2. The topological polar surface area (TPSA) is 12.0 Å². The van der Waals surface area contributed by atoms with Crippen LogP contribution in [0.4, 0.5) is 0 Å². The zero-order chi connectivity index (χ0) is 14.5. The van der Waals surface area contributed by atoms with Gasteiger partial charge in [-0.3, -0.25) is 0 Å². The maximum absolute atomic E-state index is 3.57. The van der Waals surface area contributed by atoms with Crippen LogP contribution in [0.15, 0.2) is 29.2 Å². The van der Waals surface area contributed by atoms with Crippen LogP contribution in [-0.2, 0) is 5.41 Å². The number of hydrogen-bond donors (Lipinski definition) is 1. The van der Waals surface area contributed by atoms with Crippen molar-refractivity contribution in [2.24, 2.45) is 0 Å². The number of nitrogens with one attached hydrogen (secondary N) is 1. The van der Waals surface area contributed by atoms with Gasteiger partial charge in [-0.15, -0.1) is 11.8 Å². The standard InChI is InChI=1S/C17H29NS/c1-7-12-18-13(2)14(3)19-16-10-8-15(9-11-16)17(4,5)6/h8-11,13-14,18H,7,12H2,1-6H3. The SMILES string of the molecule is CCCNC(C)C(C)Sc1ccc(C(C)(C)C)cc1. The Morgan fingerprint density at radius 3 is 2.16 bits per heavy atom. The first kappa shape index (κ1) is 16.6. The van der Waals surface area contributed by atoms with Crippen LogP contribution in [0.3, 0.4) is 0 Å². The van der Waals surface area contributed by atoms with Crippen molar-refractivity contribution >= 4 is 11.8 Å². The van der Waals surface area contributed by atoms with E-state index in [-0.39, 0.29) is 5.41 Å². The largest absolute Gasteiger partial charge is 0.313 e. The van der Waals surface area contributed by atoms with Crippen molar-refractivity contribution in [3.63, 3.8) is 0 Å². The fourth-order valence-corrected chi connectivity index (χ4v) is 2.91. The van der Waals surface area contributed by atoms with Crippen molar-refractivity contribution in [1.82, 2.24) is 5.32 Å². The summed E-state index contributed by atoms with van der Waals surface area (Å²) >= 11 is 1.96. The van der Waals surface area contributed by atoms with Crippen molar-refractivity contribution in [2.45, 2.75) is 69.6 Å². The Balaban J connectivity index is 2.58. The summed E-state index contributed by atoms with van der Waals surface area (Å²) in [6, 6.07) is 9.59. The second kappa shape index (κ2) is 7.35. The second-order valence-corrected chi connectivity index (χ2v) is 7.79. The van der Waals surface area contributed by atoms with Gasteiger partial charge in [0.2, 0.25) is 0 Å². The molecule has 2 unspecified atom stereocenters. The molecule has 0 bridgehead atoms. The Kier molecular flexibility index (Phi) is 6.41. The van der Waals surface area contributed by atoms with Crippen LogP contribution in [0.25, 0.3) is 0 Å². The van der Waals surface area contributed by atoms with E-state index in [9.17, 15) is 0 Å². The molecule has 0 fully saturated rings. The van der Waals surface area contributed by atoms with Crippen molar-refractivity contribution < 1.29 is 0 Å². The molecule has 1 nitrogen and oxygen atoms in total. The third-order valence-electron chi connectivity index (χ3n) is 3.46. The number of benzene rings is 1. The fraction of sp³-hybridized carbons (Fsp3) is 0.647. The molecule has 0 heterocycles. The molecule has 0 aromatic heterocycles. The summed E-state index contributed by atoms with van der Waals surface area (Å²) in [7, 11) is 0. The van der Waals surface area contributed by atoms with Crippen LogP contribution in [0.1, 0.15) is 53.5 Å². The van der Waals surface area contributed by atoms with Gasteiger partial charge < -0.3 is 5.32 Å². The fourth-order valence-electron chi connectivity index (χ4n) is 1.89. The average molecular weight is 279 g/mol. The summed E-state index contributed by atoms with van der Waals surface area (Å²) in [6.07, 6.45) is 1.20. The van der Waals surface area contributed by atoms with Crippen molar-refractivity contribution in [1.29, 1.82) is 0 Å². The van der Waals surface area contributed by atoms with Gasteiger partial charge in [0.05, 0.1) is 0 Å². The minimum absolute atomic E-state index is 0.241. The molecule has 1 aromatic rings. The molecule has 0 aliphatic rings. The quantitative estimate of drug-likeness (QED) is 0.747. The van der Waals surface area contributed by atoms with E-state index in [0.717, 1.165) is 6.54 Å². The highest BCUT2D eigenvalue weighted by molar-refractivity contribution is 8.00. The van der Waals surface area contributed by atoms with E-state index in [1.165, 1.54) is 16.9 Å². The zero-order valence-electron chi connectivity index (χ0n) is 13.3. The molecule has 1 N–H and O–H groups in total. The normalized spacial score (nSPS) is 15.3. The lowest BCUT2D eigenvalue weighted by Crippen LogP contribution is -2.34. The summed E-state index contributed by atoms with van der Waals surface area (Å²) in [5.41, 5.74) is 1.65. The third kappa shape index (κ3) is 5.58. The monoisotopic (exact) mass is 279 g/mol. The van der Waals surface area contributed by atoms with Crippen LogP contribution < -0.4 is 5.32 Å². The Hall–Kier alpha value is -0.470. The van der Waals surface area contributed by atoms with Crippen molar-refractivity contribution in [3.05, 3.63) is 29.8 Å². The molecule has 108 valence electrons. The highest BCUT2D eigenvalue weighted by atomic mass is 32.2. The minimum Gasteiger partial charge on any atom is -0.313 e. The van der Waals surface area contributed by atoms with Gasteiger partial charge in [-0.2, -0.15) is 0 Å². The Morgan fingerprint density at radius 2 is 1.68 bits per heavy atom. The van der Waals surface area contributed by atoms with Gasteiger partial charge in [0.25, 0.3) is 0 Å². The Labute approximate surface area is 123 Å². The summed E-state index contributed by atoms with van der Waals surface area (Å²) in [6.45, 7) is 14.7. The van der Waals surface area contributed by atoms with E-state index in [0.29, 0.717) is 11.3 Å². The van der Waals surface area contributed by atoms with Gasteiger partial charge >= 0.3 is 0 Å². The highest BCUT2D eigenvalue weighted by Gasteiger charge is 2.15. The Bertz CT molecular complexity index is 364. The van der Waals surface area contributed by atoms with Gasteiger partial charge in [-0.05, 0) is 43.0 Å². The third-order valence-corrected chi connectivity index (χ3v) is 4.79. The number of rotatable bonds is 6. The lowest BCUT2D eigenvalue weighted by Gasteiger charge is -2.22. The summed E-state index contributed by atoms with van der Waals surface area (Å²) in [4.78, 5) is 1.37. The summed E-state index contributed by atoms with van der Waals surface area (Å²) < 4.78 is 0. The summed E-state index contributed by atoms with van der Waals surface area (Å²) in [5.74, 6) is 0. The van der Waals surface area contributed by atoms with E-state index in [1.54, 1.807) is 0 Å². The first-order valence-electron chi connectivity index (χ1n) is 7.35. The zero-order valence-corrected chi connectivity index (χ0v) is 14.1. The van der Waals surface area contributed by atoms with Gasteiger partial charge in [0, 0.05) is 16.2 Å². The predicted molar refractivity (Wildman–Crippen MR) is 88.2 cm³/mol. The molecule has 0 saturated heterocycles. The minimum atomic E-state index is 0.241. The van der Waals surface area contributed by atoms with Gasteiger partial charge in [-0.25, -0.2) is 0 Å². The van der Waals surface area contributed by atoms with Crippen LogP contribution in [0.2, 0.25) is 0 Å². The van der Waals surface area contributed by atoms with Gasteiger partial charge in [0.1, 0.15) is 0 Å². The Morgan fingerprint density at radius 1 is 1.11 bits per heavy atom. The van der Waals surface area contributed by atoms with E-state index in [2.05, 4.69) is 71.1 Å². The lowest BCUT2D eigenvalue weighted by molar-refractivity contribution is 0.542. The van der Waals surface area contributed by atoms with E-state index >= 15 is 0 Å². The van der Waals surface area contributed by atoms with E-state index in [1.807, 2.05) is 11.8 Å².